The Labute approximate surface area is 132 Å². The number of aliphatic imine (C=N–C) groups is 1. The molecule has 2 heterocycles. The molecule has 1 aromatic heterocycles. The maximum atomic E-state index is 10.1. The Morgan fingerprint density at radius 3 is 2.95 bits per heavy atom. The number of hydrogen-bond donors (Lipinski definition) is 3. The quantitative estimate of drug-likeness (QED) is 0.548. The molecular formula is C15H28N6O. The average molecular weight is 308 g/mol. The van der Waals surface area contributed by atoms with Gasteiger partial charge in [-0.05, 0) is 33.6 Å². The molecule has 0 bridgehead atoms. The van der Waals surface area contributed by atoms with Gasteiger partial charge in [-0.25, -0.2) is 9.67 Å². The molecule has 0 saturated heterocycles. The molecule has 3 N–H and O–H groups in total. The summed E-state index contributed by atoms with van der Waals surface area (Å²) in [6.45, 7) is 9.71. The molecule has 0 aromatic carbocycles. The van der Waals surface area contributed by atoms with E-state index in [-0.39, 0.29) is 6.04 Å². The molecule has 7 nitrogen and oxygen atoms in total. The van der Waals surface area contributed by atoms with E-state index in [1.807, 2.05) is 32.4 Å². The molecule has 0 radical (unpaired) electrons. The highest BCUT2D eigenvalue weighted by Gasteiger charge is 2.22. The van der Waals surface area contributed by atoms with E-state index in [4.69, 9.17) is 0 Å². The van der Waals surface area contributed by atoms with Crippen LogP contribution in [0.5, 0.6) is 0 Å². The predicted molar refractivity (Wildman–Crippen MR) is 86.9 cm³/mol. The van der Waals surface area contributed by atoms with E-state index in [1.165, 1.54) is 0 Å². The minimum Gasteiger partial charge on any atom is -0.388 e. The molecule has 0 aliphatic carbocycles. The number of aryl methyl sites for hydroxylation is 2. The molecule has 22 heavy (non-hydrogen) atoms. The second-order valence-electron chi connectivity index (χ2n) is 6.18. The van der Waals surface area contributed by atoms with Crippen molar-refractivity contribution >= 4 is 5.96 Å². The van der Waals surface area contributed by atoms with E-state index in [0.717, 1.165) is 43.5 Å². The summed E-state index contributed by atoms with van der Waals surface area (Å²) in [6.07, 6.45) is 2.61. The molecular weight excluding hydrogens is 280 g/mol. The lowest BCUT2D eigenvalue weighted by Crippen LogP contribution is -2.47. The van der Waals surface area contributed by atoms with E-state index < -0.39 is 5.60 Å². The maximum absolute atomic E-state index is 10.1. The van der Waals surface area contributed by atoms with Crippen molar-refractivity contribution in [3.63, 3.8) is 0 Å². The Morgan fingerprint density at radius 1 is 1.50 bits per heavy atom. The van der Waals surface area contributed by atoms with Crippen molar-refractivity contribution in [2.45, 2.75) is 65.1 Å². The molecule has 1 aromatic rings. The van der Waals surface area contributed by atoms with Crippen molar-refractivity contribution in [3.05, 3.63) is 11.6 Å². The van der Waals surface area contributed by atoms with Gasteiger partial charge >= 0.3 is 0 Å². The summed E-state index contributed by atoms with van der Waals surface area (Å²) >= 11 is 0. The van der Waals surface area contributed by atoms with E-state index in [9.17, 15) is 5.11 Å². The molecule has 2 rings (SSSR count). The fraction of sp³-hybridized carbons (Fsp3) is 0.800. The van der Waals surface area contributed by atoms with Crippen LogP contribution in [0, 0.1) is 6.92 Å². The Kier molecular flexibility index (Phi) is 5.39. The molecule has 0 amide bonds. The molecule has 0 fully saturated rings. The zero-order valence-electron chi connectivity index (χ0n) is 14.1. The van der Waals surface area contributed by atoms with Crippen LogP contribution >= 0.6 is 0 Å². The highest BCUT2D eigenvalue weighted by molar-refractivity contribution is 5.80. The van der Waals surface area contributed by atoms with Crippen LogP contribution in [-0.2, 0) is 13.0 Å². The molecule has 124 valence electrons. The molecule has 2 unspecified atom stereocenters. The summed E-state index contributed by atoms with van der Waals surface area (Å²) in [6, 6.07) is 0.276. The predicted octanol–water partition coefficient (Wildman–Crippen LogP) is 0.617. The van der Waals surface area contributed by atoms with Gasteiger partial charge in [0.15, 0.2) is 5.96 Å². The van der Waals surface area contributed by atoms with Gasteiger partial charge in [0.2, 0.25) is 0 Å². The smallest absolute Gasteiger partial charge is 0.191 e. The fourth-order valence-electron chi connectivity index (χ4n) is 2.43. The van der Waals surface area contributed by atoms with Gasteiger partial charge < -0.3 is 15.7 Å². The van der Waals surface area contributed by atoms with Crippen LogP contribution in [0.15, 0.2) is 4.99 Å². The zero-order valence-corrected chi connectivity index (χ0v) is 14.1. The zero-order chi connectivity index (χ0) is 16.2. The van der Waals surface area contributed by atoms with Crippen molar-refractivity contribution in [1.82, 2.24) is 25.4 Å². The topological polar surface area (TPSA) is 87.4 Å². The minimum atomic E-state index is -0.759. The van der Waals surface area contributed by atoms with Crippen molar-refractivity contribution < 1.29 is 5.11 Å². The van der Waals surface area contributed by atoms with Crippen molar-refractivity contribution in [2.75, 3.05) is 13.1 Å². The summed E-state index contributed by atoms with van der Waals surface area (Å²) in [5.41, 5.74) is -0.759. The van der Waals surface area contributed by atoms with Crippen LogP contribution < -0.4 is 10.6 Å². The van der Waals surface area contributed by atoms with Crippen molar-refractivity contribution in [3.8, 4) is 0 Å². The fourth-order valence-corrected chi connectivity index (χ4v) is 2.43. The van der Waals surface area contributed by atoms with Crippen LogP contribution in [-0.4, -0.2) is 50.6 Å². The number of guanidine groups is 1. The molecule has 1 aliphatic rings. The Bertz CT molecular complexity index is 522. The first kappa shape index (κ1) is 16.7. The van der Waals surface area contributed by atoms with Crippen LogP contribution in [0.3, 0.4) is 0 Å². The summed E-state index contributed by atoms with van der Waals surface area (Å²) in [5.74, 6) is 2.64. The van der Waals surface area contributed by atoms with Gasteiger partial charge in [-0.3, -0.25) is 4.99 Å². The largest absolute Gasteiger partial charge is 0.388 e. The number of fused-ring (bicyclic) bond motifs is 1. The second kappa shape index (κ2) is 7.09. The summed E-state index contributed by atoms with van der Waals surface area (Å²) in [5, 5.41) is 21.2. The normalized spacial score (nSPS) is 21.1. The SMILES string of the molecule is CCNC(=NCC(C)(O)CC)NC1CCc2nc(C)nn2C1. The monoisotopic (exact) mass is 308 g/mol. The summed E-state index contributed by atoms with van der Waals surface area (Å²) in [7, 11) is 0. The summed E-state index contributed by atoms with van der Waals surface area (Å²) < 4.78 is 1.97. The molecule has 0 saturated carbocycles. The van der Waals surface area contributed by atoms with Crippen LogP contribution in [0.25, 0.3) is 0 Å². The Hall–Kier alpha value is -1.63. The van der Waals surface area contributed by atoms with Crippen LogP contribution in [0.4, 0.5) is 0 Å². The molecule has 2 atom stereocenters. The third-order valence-corrected chi connectivity index (χ3v) is 3.99. The standard InChI is InChI=1S/C15H28N6O/c1-5-15(4,22)10-17-14(16-6-2)19-12-7-8-13-18-11(3)20-21(13)9-12/h12,22H,5-10H2,1-4H3,(H2,16,17,19). The van der Waals surface area contributed by atoms with E-state index in [0.29, 0.717) is 13.0 Å². The van der Waals surface area contributed by atoms with Gasteiger partial charge in [-0.15, -0.1) is 0 Å². The Balaban J connectivity index is 1.98. The molecule has 7 heteroatoms. The minimum absolute atomic E-state index is 0.276. The van der Waals surface area contributed by atoms with Crippen molar-refractivity contribution in [2.24, 2.45) is 4.99 Å². The lowest BCUT2D eigenvalue weighted by Gasteiger charge is -2.26. The van der Waals surface area contributed by atoms with Gasteiger partial charge in [0, 0.05) is 19.0 Å². The van der Waals surface area contributed by atoms with E-state index in [2.05, 4.69) is 25.7 Å². The second-order valence-corrected chi connectivity index (χ2v) is 6.18. The van der Waals surface area contributed by atoms with Gasteiger partial charge in [-0.2, -0.15) is 5.10 Å². The molecule has 1 aliphatic heterocycles. The summed E-state index contributed by atoms with van der Waals surface area (Å²) in [4.78, 5) is 8.94. The number of aromatic nitrogens is 3. The first-order chi connectivity index (χ1) is 10.4. The number of aliphatic hydroxyl groups is 1. The highest BCUT2D eigenvalue weighted by atomic mass is 16.3. The van der Waals surface area contributed by atoms with Gasteiger partial charge in [0.05, 0.1) is 18.7 Å². The third-order valence-electron chi connectivity index (χ3n) is 3.99. The lowest BCUT2D eigenvalue weighted by atomic mass is 10.0. The third kappa shape index (κ3) is 4.43. The first-order valence-electron chi connectivity index (χ1n) is 8.11. The van der Waals surface area contributed by atoms with Crippen molar-refractivity contribution in [1.29, 1.82) is 0 Å². The van der Waals surface area contributed by atoms with E-state index in [1.54, 1.807) is 0 Å². The number of rotatable bonds is 5. The lowest BCUT2D eigenvalue weighted by molar-refractivity contribution is 0.0656. The number of nitrogens with one attached hydrogen (secondary N) is 2. The van der Waals surface area contributed by atoms with Crippen LogP contribution in [0.1, 0.15) is 45.3 Å². The van der Waals surface area contributed by atoms with Crippen LogP contribution in [0.2, 0.25) is 0 Å². The first-order valence-corrected chi connectivity index (χ1v) is 8.11. The van der Waals surface area contributed by atoms with E-state index >= 15 is 0 Å². The van der Waals surface area contributed by atoms with Gasteiger partial charge in [0.1, 0.15) is 11.6 Å². The number of hydrogen-bond acceptors (Lipinski definition) is 4. The average Bonchev–Trinajstić information content (AvgIpc) is 2.84. The molecule has 0 spiro atoms. The Morgan fingerprint density at radius 2 is 2.27 bits per heavy atom. The number of nitrogens with zero attached hydrogens (tertiary/aromatic N) is 4. The highest BCUT2D eigenvalue weighted by Crippen LogP contribution is 2.13. The van der Waals surface area contributed by atoms with Gasteiger partial charge in [0.25, 0.3) is 0 Å². The van der Waals surface area contributed by atoms with Gasteiger partial charge in [-0.1, -0.05) is 6.92 Å². The maximum Gasteiger partial charge on any atom is 0.191 e.